The second kappa shape index (κ2) is 5.99. The van der Waals surface area contributed by atoms with Gasteiger partial charge in [-0.3, -0.25) is 0 Å². The molecule has 1 aromatic rings. The van der Waals surface area contributed by atoms with Gasteiger partial charge in [-0.2, -0.15) is 0 Å². The molecular weight excluding hydrogens is 296 g/mol. The van der Waals surface area contributed by atoms with Crippen LogP contribution < -0.4 is 0 Å². The molecule has 19 heavy (non-hydrogen) atoms. The van der Waals surface area contributed by atoms with Crippen LogP contribution in [0.4, 0.5) is 0 Å². The predicted octanol–water partition coefficient (Wildman–Crippen LogP) is 6.43. The monoisotopic (exact) mass is 324 g/mol. The van der Waals surface area contributed by atoms with Gasteiger partial charge in [-0.05, 0) is 73.3 Å². The highest BCUT2D eigenvalue weighted by Crippen LogP contribution is 2.40. The van der Waals surface area contributed by atoms with Crippen LogP contribution in [0.15, 0.2) is 6.07 Å². The highest BCUT2D eigenvalue weighted by Gasteiger charge is 2.25. The summed E-state index contributed by atoms with van der Waals surface area (Å²) in [6.45, 7) is 18.3. The highest BCUT2D eigenvalue weighted by molar-refractivity contribution is 9.09. The van der Waals surface area contributed by atoms with E-state index in [2.05, 4.69) is 77.4 Å². The van der Waals surface area contributed by atoms with E-state index in [1.807, 2.05) is 0 Å². The van der Waals surface area contributed by atoms with Crippen molar-refractivity contribution in [1.82, 2.24) is 0 Å². The average molecular weight is 325 g/mol. The van der Waals surface area contributed by atoms with E-state index in [4.69, 9.17) is 0 Å². The Morgan fingerprint density at radius 3 is 1.79 bits per heavy atom. The minimum atomic E-state index is 0.368. The van der Waals surface area contributed by atoms with Gasteiger partial charge in [-0.1, -0.05) is 49.7 Å². The minimum Gasteiger partial charge on any atom is -0.0838 e. The number of hydrogen-bond donors (Lipinski definition) is 0. The van der Waals surface area contributed by atoms with Crippen molar-refractivity contribution in [2.75, 3.05) is 0 Å². The molecule has 0 aliphatic heterocycles. The zero-order valence-corrected chi connectivity index (χ0v) is 15.4. The third-order valence-corrected chi connectivity index (χ3v) is 5.61. The van der Waals surface area contributed by atoms with E-state index >= 15 is 0 Å². The fourth-order valence-electron chi connectivity index (χ4n) is 2.50. The van der Waals surface area contributed by atoms with Crippen LogP contribution in [0, 0.1) is 39.0 Å². The van der Waals surface area contributed by atoms with E-state index in [9.17, 15) is 0 Å². The number of hydrogen-bond acceptors (Lipinski definition) is 0. The number of alkyl halides is 1. The van der Waals surface area contributed by atoms with Crippen LogP contribution in [0.5, 0.6) is 0 Å². The molecule has 0 heterocycles. The van der Waals surface area contributed by atoms with Gasteiger partial charge in [0.05, 0.1) is 0 Å². The lowest BCUT2D eigenvalue weighted by Crippen LogP contribution is -2.19. The maximum atomic E-state index is 3.95. The van der Waals surface area contributed by atoms with E-state index in [1.165, 1.54) is 34.2 Å². The van der Waals surface area contributed by atoms with E-state index in [0.717, 1.165) is 0 Å². The van der Waals surface area contributed by atoms with Crippen LogP contribution in [-0.2, 0) is 0 Å². The summed E-state index contributed by atoms with van der Waals surface area (Å²) < 4.78 is 0. The lowest BCUT2D eigenvalue weighted by atomic mass is 9.78. The molecule has 0 aromatic heterocycles. The Bertz CT molecular complexity index is 425. The Hall–Kier alpha value is -0.300. The second-order valence-electron chi connectivity index (χ2n) is 7.14. The molecule has 0 saturated carbocycles. The third-order valence-electron chi connectivity index (χ3n) is 4.78. The van der Waals surface area contributed by atoms with Gasteiger partial charge in [0.25, 0.3) is 0 Å². The fraction of sp³-hybridized carbons (Fsp3) is 0.667. The van der Waals surface area contributed by atoms with Crippen molar-refractivity contribution in [1.29, 1.82) is 0 Å². The van der Waals surface area contributed by atoms with Crippen molar-refractivity contribution in [2.24, 2.45) is 11.3 Å². The number of aryl methyl sites for hydroxylation is 2. The molecule has 1 rings (SSSR count). The summed E-state index contributed by atoms with van der Waals surface area (Å²) in [6.07, 6.45) is 1.19. The van der Waals surface area contributed by atoms with Crippen LogP contribution in [0.2, 0.25) is 0 Å². The first-order valence-electron chi connectivity index (χ1n) is 7.27. The molecule has 0 bridgehead atoms. The highest BCUT2D eigenvalue weighted by atomic mass is 79.9. The van der Waals surface area contributed by atoms with Crippen LogP contribution in [0.3, 0.4) is 0 Å². The van der Waals surface area contributed by atoms with E-state index in [-0.39, 0.29) is 0 Å². The lowest BCUT2D eigenvalue weighted by Gasteiger charge is -2.30. The third kappa shape index (κ3) is 3.84. The first-order valence-corrected chi connectivity index (χ1v) is 8.18. The van der Waals surface area contributed by atoms with Crippen LogP contribution >= 0.6 is 15.9 Å². The normalized spacial score (nSPS) is 15.4. The molecule has 108 valence electrons. The van der Waals surface area contributed by atoms with E-state index in [0.29, 0.717) is 16.2 Å². The predicted molar refractivity (Wildman–Crippen MR) is 90.3 cm³/mol. The Kier molecular flexibility index (Phi) is 5.28. The van der Waals surface area contributed by atoms with E-state index < -0.39 is 0 Å². The van der Waals surface area contributed by atoms with Gasteiger partial charge in [0.1, 0.15) is 0 Å². The van der Waals surface area contributed by atoms with Gasteiger partial charge in [0, 0.05) is 4.83 Å². The summed E-state index contributed by atoms with van der Waals surface area (Å²) in [6, 6.07) is 2.31. The standard InChI is InChI=1S/C18H29Br/c1-11-9-12(2)15(5)17(14(11)4)16(19)10-13(3)18(6,7)8/h9,13,16H,10H2,1-8H3. The topological polar surface area (TPSA) is 0 Å². The van der Waals surface area contributed by atoms with E-state index in [1.54, 1.807) is 0 Å². The number of benzene rings is 1. The van der Waals surface area contributed by atoms with Gasteiger partial charge < -0.3 is 0 Å². The summed E-state index contributed by atoms with van der Waals surface area (Å²) >= 11 is 3.95. The van der Waals surface area contributed by atoms with Crippen LogP contribution in [0.1, 0.15) is 66.8 Å². The Morgan fingerprint density at radius 1 is 1.00 bits per heavy atom. The summed E-state index contributed by atoms with van der Waals surface area (Å²) in [4.78, 5) is 0.459. The Balaban J connectivity index is 3.10. The molecule has 1 heteroatoms. The van der Waals surface area contributed by atoms with Gasteiger partial charge >= 0.3 is 0 Å². The summed E-state index contributed by atoms with van der Waals surface area (Å²) in [5, 5.41) is 0. The van der Waals surface area contributed by atoms with Gasteiger partial charge in [0.15, 0.2) is 0 Å². The van der Waals surface area contributed by atoms with Crippen molar-refractivity contribution in [2.45, 2.75) is 66.6 Å². The maximum Gasteiger partial charge on any atom is 0.0403 e. The molecule has 0 amide bonds. The number of rotatable bonds is 3. The first kappa shape index (κ1) is 16.8. The molecule has 0 radical (unpaired) electrons. The lowest BCUT2D eigenvalue weighted by molar-refractivity contribution is 0.246. The minimum absolute atomic E-state index is 0.368. The van der Waals surface area contributed by atoms with Crippen LogP contribution in [-0.4, -0.2) is 0 Å². The molecule has 2 atom stereocenters. The Morgan fingerprint density at radius 2 is 1.42 bits per heavy atom. The zero-order valence-electron chi connectivity index (χ0n) is 13.8. The van der Waals surface area contributed by atoms with Gasteiger partial charge in [-0.25, -0.2) is 0 Å². The largest absolute Gasteiger partial charge is 0.0838 e. The van der Waals surface area contributed by atoms with Crippen molar-refractivity contribution >= 4 is 15.9 Å². The number of halogens is 1. The Labute approximate surface area is 128 Å². The zero-order chi connectivity index (χ0) is 15.0. The molecule has 0 fully saturated rings. The van der Waals surface area contributed by atoms with Crippen LogP contribution in [0.25, 0.3) is 0 Å². The molecule has 2 unspecified atom stereocenters. The second-order valence-corrected chi connectivity index (χ2v) is 8.25. The summed E-state index contributed by atoms with van der Waals surface area (Å²) in [5.41, 5.74) is 7.59. The van der Waals surface area contributed by atoms with Crippen molar-refractivity contribution in [3.05, 3.63) is 33.9 Å². The smallest absolute Gasteiger partial charge is 0.0403 e. The van der Waals surface area contributed by atoms with Crippen molar-refractivity contribution in [3.8, 4) is 0 Å². The molecule has 0 nitrogen and oxygen atoms in total. The SMILES string of the molecule is Cc1cc(C)c(C)c(C(Br)CC(C)C(C)(C)C)c1C. The van der Waals surface area contributed by atoms with Crippen molar-refractivity contribution < 1.29 is 0 Å². The molecule has 0 spiro atoms. The first-order chi connectivity index (χ1) is 8.55. The van der Waals surface area contributed by atoms with Crippen molar-refractivity contribution in [3.63, 3.8) is 0 Å². The molecule has 0 N–H and O–H groups in total. The quantitative estimate of drug-likeness (QED) is 0.562. The molecule has 0 aliphatic rings. The molecular formula is C18H29Br. The van der Waals surface area contributed by atoms with Gasteiger partial charge in [-0.15, -0.1) is 0 Å². The fourth-order valence-corrected chi connectivity index (χ4v) is 3.75. The summed E-state index contributed by atoms with van der Waals surface area (Å²) in [5.74, 6) is 0.691. The summed E-state index contributed by atoms with van der Waals surface area (Å²) in [7, 11) is 0. The average Bonchev–Trinajstić information content (AvgIpc) is 2.25. The molecule has 0 saturated heterocycles. The van der Waals surface area contributed by atoms with Gasteiger partial charge in [0.2, 0.25) is 0 Å². The maximum absolute atomic E-state index is 3.95. The molecule has 0 aliphatic carbocycles. The molecule has 1 aromatic carbocycles.